The average molecular weight is 889 g/mol. The Morgan fingerprint density at radius 1 is 0.754 bits per heavy atom. The third-order valence-electron chi connectivity index (χ3n) is 11.2. The van der Waals surface area contributed by atoms with Gasteiger partial charge in [-0.2, -0.15) is 0 Å². The van der Waals surface area contributed by atoms with Crippen molar-refractivity contribution < 1.29 is 62.8 Å². The molecule has 0 saturated heterocycles. The molecule has 0 radical (unpaired) electrons. The summed E-state index contributed by atoms with van der Waals surface area (Å²) in [4.78, 5) is 47.8. The number of aliphatic hydroxyl groups excluding tert-OH is 4. The van der Waals surface area contributed by atoms with E-state index in [0.29, 0.717) is 32.1 Å². The zero-order valence-electron chi connectivity index (χ0n) is 38.0. The quantitative estimate of drug-likeness (QED) is 0.0168. The number of aliphatic hydroxyl groups is 4. The van der Waals surface area contributed by atoms with Gasteiger partial charge in [0.05, 0.1) is 32.0 Å². The number of hydrogen-bond donors (Lipinski definition) is 5. The highest BCUT2D eigenvalue weighted by Gasteiger charge is 2.39. The van der Waals surface area contributed by atoms with E-state index in [1.165, 1.54) is 77.0 Å². The van der Waals surface area contributed by atoms with Gasteiger partial charge < -0.3 is 34.8 Å². The van der Waals surface area contributed by atoms with Gasteiger partial charge in [-0.15, -0.1) is 0 Å². The summed E-state index contributed by atoms with van der Waals surface area (Å²) in [7, 11) is -4.69. The Bertz CT molecular complexity index is 1240. The van der Waals surface area contributed by atoms with E-state index in [2.05, 4.69) is 25.3 Å². The SMILES string of the molecule is CCCCC[C@H](O)/C=C/[C@H]1C(=O)C[C@H](O)[C@@H]1C/C=C\CCCC(=O)O[C@H](COC(=O)CCCCCCCCCCCCCCCCCC(C)C)COP(=O)(O)OC[C@@H](O)CO. The molecule has 13 nitrogen and oxygen atoms in total. The molecule has 356 valence electrons. The lowest BCUT2D eigenvalue weighted by Crippen LogP contribution is -2.29. The number of ketones is 1. The maximum Gasteiger partial charge on any atom is 0.472 e. The first-order valence-electron chi connectivity index (χ1n) is 23.8. The largest absolute Gasteiger partial charge is 0.472 e. The van der Waals surface area contributed by atoms with Crippen LogP contribution >= 0.6 is 7.82 Å². The summed E-state index contributed by atoms with van der Waals surface area (Å²) in [5.74, 6) is -1.11. The van der Waals surface area contributed by atoms with Crippen LogP contribution in [0, 0.1) is 17.8 Å². The van der Waals surface area contributed by atoms with Crippen molar-refractivity contribution in [3.05, 3.63) is 24.3 Å². The van der Waals surface area contributed by atoms with Crippen LogP contribution in [0.1, 0.15) is 188 Å². The molecule has 0 aromatic rings. The zero-order chi connectivity index (χ0) is 45.1. The van der Waals surface area contributed by atoms with E-state index in [9.17, 15) is 39.2 Å². The van der Waals surface area contributed by atoms with Gasteiger partial charge >= 0.3 is 19.8 Å². The molecule has 0 bridgehead atoms. The Morgan fingerprint density at radius 3 is 1.90 bits per heavy atom. The molecular weight excluding hydrogens is 803 g/mol. The Balaban J connectivity index is 2.42. The number of rotatable bonds is 40. The molecule has 0 aromatic heterocycles. The topological polar surface area (TPSA) is 206 Å². The van der Waals surface area contributed by atoms with Crippen molar-refractivity contribution in [1.82, 2.24) is 0 Å². The van der Waals surface area contributed by atoms with Crippen molar-refractivity contribution in [2.75, 3.05) is 26.4 Å². The van der Waals surface area contributed by atoms with E-state index in [4.69, 9.17) is 19.1 Å². The number of phosphoric acid groups is 1. The van der Waals surface area contributed by atoms with Crippen LogP contribution in [0.2, 0.25) is 0 Å². The number of esters is 2. The lowest BCUT2D eigenvalue weighted by atomic mass is 9.90. The van der Waals surface area contributed by atoms with Gasteiger partial charge in [0.1, 0.15) is 18.5 Å². The van der Waals surface area contributed by atoms with Crippen molar-refractivity contribution in [2.24, 2.45) is 17.8 Å². The van der Waals surface area contributed by atoms with Gasteiger partial charge in [-0.25, -0.2) is 4.57 Å². The summed E-state index contributed by atoms with van der Waals surface area (Å²) in [6.45, 7) is 4.32. The summed E-state index contributed by atoms with van der Waals surface area (Å²) in [5, 5.41) is 39.1. The summed E-state index contributed by atoms with van der Waals surface area (Å²) in [6, 6.07) is 0. The fourth-order valence-electron chi connectivity index (χ4n) is 7.40. The molecule has 1 unspecified atom stereocenters. The van der Waals surface area contributed by atoms with Crippen molar-refractivity contribution in [3.63, 3.8) is 0 Å². The van der Waals surface area contributed by atoms with Crippen LogP contribution in [-0.4, -0.2) is 93.9 Å². The zero-order valence-corrected chi connectivity index (χ0v) is 38.9. The summed E-state index contributed by atoms with van der Waals surface area (Å²) in [5.41, 5.74) is 0. The minimum Gasteiger partial charge on any atom is -0.462 e. The van der Waals surface area contributed by atoms with Crippen LogP contribution in [0.15, 0.2) is 24.3 Å². The van der Waals surface area contributed by atoms with Gasteiger partial charge in [0, 0.05) is 31.1 Å². The van der Waals surface area contributed by atoms with Crippen molar-refractivity contribution in [1.29, 1.82) is 0 Å². The molecule has 1 fully saturated rings. The molecule has 1 aliphatic rings. The average Bonchev–Trinajstić information content (AvgIpc) is 3.49. The molecule has 1 aliphatic carbocycles. The van der Waals surface area contributed by atoms with Crippen LogP contribution in [0.4, 0.5) is 0 Å². The minimum atomic E-state index is -4.69. The van der Waals surface area contributed by atoms with Crippen LogP contribution in [0.25, 0.3) is 0 Å². The van der Waals surface area contributed by atoms with Crippen molar-refractivity contribution in [2.45, 2.75) is 212 Å². The summed E-state index contributed by atoms with van der Waals surface area (Å²) in [6.07, 6.45) is 28.0. The Kier molecular flexibility index (Phi) is 34.0. The standard InChI is InChI=1S/C47H85O13P/c1-4-5-21-27-39(49)31-32-43-42(44(51)33-45(43)52)28-23-19-20-25-30-47(54)60-41(37-59-61(55,56)58-35-40(50)34-48)36-57-46(53)29-24-18-16-14-12-10-8-6-7-9-11-13-15-17-22-26-38(2)3/h19,23,31-32,38-44,48-51H,4-18,20-22,24-30,33-37H2,1-3H3,(H,55,56)/b23-19-,32-31+/t39-,40-,41+,42+,43+,44-/m0/s1. The second-order valence-corrected chi connectivity index (χ2v) is 18.9. The van der Waals surface area contributed by atoms with Gasteiger partial charge in [0.2, 0.25) is 0 Å². The lowest BCUT2D eigenvalue weighted by molar-refractivity contribution is -0.161. The molecule has 1 saturated carbocycles. The Morgan fingerprint density at radius 2 is 1.31 bits per heavy atom. The fraction of sp³-hybridized carbons (Fsp3) is 0.851. The smallest absolute Gasteiger partial charge is 0.462 e. The second-order valence-electron chi connectivity index (χ2n) is 17.4. The third-order valence-corrected chi connectivity index (χ3v) is 12.1. The second kappa shape index (κ2) is 36.4. The molecule has 0 spiro atoms. The van der Waals surface area contributed by atoms with Crippen molar-refractivity contribution in [3.8, 4) is 0 Å². The highest BCUT2D eigenvalue weighted by atomic mass is 31.2. The van der Waals surface area contributed by atoms with E-state index >= 15 is 0 Å². The highest BCUT2D eigenvalue weighted by molar-refractivity contribution is 7.47. The van der Waals surface area contributed by atoms with E-state index in [0.717, 1.165) is 44.4 Å². The molecule has 14 heteroatoms. The summed E-state index contributed by atoms with van der Waals surface area (Å²) < 4.78 is 32.7. The maximum atomic E-state index is 12.7. The predicted molar refractivity (Wildman–Crippen MR) is 238 cm³/mol. The van der Waals surface area contributed by atoms with Gasteiger partial charge in [0.15, 0.2) is 6.10 Å². The number of carbonyl (C=O) groups excluding carboxylic acids is 3. The van der Waals surface area contributed by atoms with Crippen LogP contribution in [0.5, 0.6) is 0 Å². The molecule has 0 amide bonds. The van der Waals surface area contributed by atoms with Crippen LogP contribution in [-0.2, 0) is 37.5 Å². The fourth-order valence-corrected chi connectivity index (χ4v) is 8.18. The van der Waals surface area contributed by atoms with Gasteiger partial charge in [-0.3, -0.25) is 23.4 Å². The molecule has 0 aromatic carbocycles. The molecule has 0 aliphatic heterocycles. The molecular formula is C47H85O13P. The maximum absolute atomic E-state index is 12.7. The number of hydrogen-bond acceptors (Lipinski definition) is 12. The molecule has 1 rings (SSSR count). The van der Waals surface area contributed by atoms with E-state index in [1.807, 2.05) is 12.2 Å². The Labute approximate surface area is 368 Å². The number of Topliss-reactive ketones (excluding diaryl/α,β-unsaturated/α-hetero) is 1. The molecule has 0 heterocycles. The normalized spacial score (nSPS) is 19.5. The number of unbranched alkanes of at least 4 members (excludes halogenated alkanes) is 17. The Hall–Kier alpha value is -1.96. The number of phosphoric ester groups is 1. The molecule has 5 N–H and O–H groups in total. The lowest BCUT2D eigenvalue weighted by Gasteiger charge is -2.20. The van der Waals surface area contributed by atoms with Gasteiger partial charge in [-0.1, -0.05) is 161 Å². The van der Waals surface area contributed by atoms with Crippen LogP contribution < -0.4 is 0 Å². The monoisotopic (exact) mass is 889 g/mol. The van der Waals surface area contributed by atoms with Crippen LogP contribution in [0.3, 0.4) is 0 Å². The third kappa shape index (κ3) is 31.5. The number of ether oxygens (including phenoxy) is 2. The van der Waals surface area contributed by atoms with Gasteiger partial charge in [0.25, 0.3) is 0 Å². The van der Waals surface area contributed by atoms with Gasteiger partial charge in [-0.05, 0) is 38.0 Å². The first kappa shape index (κ1) is 57.1. The number of allylic oxidation sites excluding steroid dienone is 3. The first-order valence-corrected chi connectivity index (χ1v) is 25.2. The van der Waals surface area contributed by atoms with E-state index in [-0.39, 0.29) is 31.0 Å². The molecule has 61 heavy (non-hydrogen) atoms. The minimum absolute atomic E-state index is 0.00460. The predicted octanol–water partition coefficient (Wildman–Crippen LogP) is 9.40. The number of carbonyl (C=O) groups is 3. The van der Waals surface area contributed by atoms with E-state index in [1.54, 1.807) is 12.2 Å². The highest BCUT2D eigenvalue weighted by Crippen LogP contribution is 2.43. The molecule has 7 atom stereocenters. The van der Waals surface area contributed by atoms with E-state index < -0.39 is 76.5 Å². The van der Waals surface area contributed by atoms with Crippen molar-refractivity contribution >= 4 is 25.5 Å². The summed E-state index contributed by atoms with van der Waals surface area (Å²) >= 11 is 0. The first-order chi connectivity index (χ1) is 29.3.